The van der Waals surface area contributed by atoms with Gasteiger partial charge in [-0.3, -0.25) is 4.79 Å². The van der Waals surface area contributed by atoms with Gasteiger partial charge in [0, 0.05) is 61.2 Å². The molecule has 0 spiro atoms. The van der Waals surface area contributed by atoms with Crippen molar-refractivity contribution < 1.29 is 13.2 Å². The third-order valence-corrected chi connectivity index (χ3v) is 9.72. The Hall–Kier alpha value is -2.88. The Balaban J connectivity index is 1.40. The molecule has 1 amide bonds. The smallest absolute Gasteiger partial charge is 0.247 e. The van der Waals surface area contributed by atoms with Crippen LogP contribution in [-0.4, -0.2) is 55.9 Å². The van der Waals surface area contributed by atoms with E-state index in [1.807, 2.05) is 37.6 Å². The number of rotatable bonds is 7. The Morgan fingerprint density at radius 1 is 1.05 bits per heavy atom. The summed E-state index contributed by atoms with van der Waals surface area (Å²) in [5.41, 5.74) is 11.9. The van der Waals surface area contributed by atoms with Crippen molar-refractivity contribution in [2.45, 2.75) is 57.4 Å². The number of nitrogens with one attached hydrogen (secondary N) is 1. The quantitative estimate of drug-likeness (QED) is 0.488. The first-order valence-corrected chi connectivity index (χ1v) is 14.7. The number of hydrogen-bond donors (Lipinski definition) is 2. The van der Waals surface area contributed by atoms with Crippen molar-refractivity contribution in [1.82, 2.24) is 8.87 Å². The Morgan fingerprint density at radius 3 is 2.54 bits per heavy atom. The zero-order valence-electron chi connectivity index (χ0n) is 22.0. The van der Waals surface area contributed by atoms with E-state index < -0.39 is 16.1 Å². The minimum atomic E-state index is -3.52. The largest absolute Gasteiger partial charge is 0.370 e. The van der Waals surface area contributed by atoms with Crippen molar-refractivity contribution in [3.63, 3.8) is 0 Å². The number of aryl methyl sites for hydroxylation is 2. The zero-order chi connectivity index (χ0) is 26.3. The van der Waals surface area contributed by atoms with Crippen molar-refractivity contribution in [1.29, 1.82) is 0 Å². The summed E-state index contributed by atoms with van der Waals surface area (Å²) >= 11 is 0. The molecule has 2 aliphatic heterocycles. The Kier molecular flexibility index (Phi) is 7.04. The fourth-order valence-corrected chi connectivity index (χ4v) is 7.20. The molecule has 1 unspecified atom stereocenters. The molecule has 3 aromatic rings. The molecule has 3 heterocycles. The van der Waals surface area contributed by atoms with Crippen LogP contribution in [0.4, 0.5) is 11.4 Å². The summed E-state index contributed by atoms with van der Waals surface area (Å²) in [5.74, 6) is -0.117. The van der Waals surface area contributed by atoms with Crippen molar-refractivity contribution in [3.8, 4) is 0 Å². The average molecular weight is 524 g/mol. The highest BCUT2D eigenvalue weighted by Gasteiger charge is 2.27. The highest BCUT2D eigenvalue weighted by atomic mass is 32.2. The van der Waals surface area contributed by atoms with Crippen LogP contribution in [0.15, 0.2) is 41.4 Å². The number of hydrogen-bond acceptors (Lipinski definition) is 5. The number of sulfonamides is 1. The molecule has 5 rings (SSSR count). The summed E-state index contributed by atoms with van der Waals surface area (Å²) in [6, 6.07) is 9.00. The Labute approximate surface area is 219 Å². The second-order valence-electron chi connectivity index (χ2n) is 10.3. The molecule has 9 heteroatoms. The number of fused-ring (bicyclic) bond motifs is 2. The number of carbonyl (C=O) groups is 1. The van der Waals surface area contributed by atoms with Crippen LogP contribution >= 0.6 is 0 Å². The van der Waals surface area contributed by atoms with Crippen molar-refractivity contribution >= 4 is 38.2 Å². The monoisotopic (exact) mass is 523 g/mol. The van der Waals surface area contributed by atoms with E-state index in [9.17, 15) is 13.2 Å². The lowest BCUT2D eigenvalue weighted by atomic mass is 10.1. The number of aromatic nitrogens is 1. The molecular weight excluding hydrogens is 486 g/mol. The molecule has 37 heavy (non-hydrogen) atoms. The number of benzene rings is 2. The third-order valence-electron chi connectivity index (χ3n) is 7.83. The summed E-state index contributed by atoms with van der Waals surface area (Å²) in [4.78, 5) is 16.0. The van der Waals surface area contributed by atoms with E-state index in [1.165, 1.54) is 5.56 Å². The van der Waals surface area contributed by atoms with E-state index >= 15 is 0 Å². The van der Waals surface area contributed by atoms with Gasteiger partial charge in [0.15, 0.2) is 0 Å². The first kappa shape index (κ1) is 25.8. The first-order valence-electron chi connectivity index (χ1n) is 13.2. The molecule has 198 valence electrons. The van der Waals surface area contributed by atoms with E-state index in [1.54, 1.807) is 16.4 Å². The van der Waals surface area contributed by atoms with Crippen LogP contribution in [0.2, 0.25) is 0 Å². The molecule has 1 aromatic heterocycles. The normalized spacial score (nSPS) is 17.2. The van der Waals surface area contributed by atoms with Gasteiger partial charge in [0.2, 0.25) is 15.9 Å². The van der Waals surface area contributed by atoms with Gasteiger partial charge in [-0.05, 0) is 81.0 Å². The fraction of sp³-hybridized carbons (Fsp3) is 0.464. The highest BCUT2D eigenvalue weighted by Crippen LogP contribution is 2.34. The van der Waals surface area contributed by atoms with Gasteiger partial charge >= 0.3 is 0 Å². The maximum atomic E-state index is 13.4. The average Bonchev–Trinajstić information content (AvgIpc) is 3.44. The number of piperidine rings is 1. The number of anilines is 2. The number of carbonyl (C=O) groups excluding carboxylic acids is 1. The highest BCUT2D eigenvalue weighted by molar-refractivity contribution is 7.89. The Bertz CT molecular complexity index is 1440. The number of nitrogens with zero attached hydrogens (tertiary/aromatic N) is 3. The molecular formula is C28H37N5O3S. The van der Waals surface area contributed by atoms with Crippen molar-refractivity contribution in [2.75, 3.05) is 42.9 Å². The van der Waals surface area contributed by atoms with Gasteiger partial charge in [0.05, 0.1) is 4.90 Å². The van der Waals surface area contributed by atoms with Crippen molar-refractivity contribution in [2.24, 2.45) is 5.73 Å². The van der Waals surface area contributed by atoms with E-state index in [0.29, 0.717) is 24.5 Å². The Morgan fingerprint density at radius 2 is 1.81 bits per heavy atom. The van der Waals surface area contributed by atoms with E-state index in [-0.39, 0.29) is 5.91 Å². The summed E-state index contributed by atoms with van der Waals surface area (Å²) in [5, 5.41) is 3.98. The standard InChI is InChI=1S/C28H37N5O3S/c1-19-15-22-9-13-31(14-10-29)27(22)17-25(19)30-28(34)21(3)33-18-20(2)24-16-23(7-8-26(24)33)37(35,36)32-11-5-4-6-12-32/h7-8,15-18,21H,4-6,9-14,29H2,1-3H3,(H,30,34). The van der Waals surface area contributed by atoms with E-state index in [0.717, 1.165) is 72.2 Å². The minimum Gasteiger partial charge on any atom is -0.370 e. The first-order chi connectivity index (χ1) is 17.7. The van der Waals surface area contributed by atoms with Gasteiger partial charge in [-0.1, -0.05) is 12.5 Å². The fourth-order valence-electron chi connectivity index (χ4n) is 5.65. The maximum absolute atomic E-state index is 13.4. The van der Waals surface area contributed by atoms with Crippen LogP contribution in [0.5, 0.6) is 0 Å². The minimum absolute atomic E-state index is 0.117. The molecule has 0 saturated carbocycles. The van der Waals surface area contributed by atoms with Crippen LogP contribution < -0.4 is 16.0 Å². The lowest BCUT2D eigenvalue weighted by Crippen LogP contribution is -2.35. The van der Waals surface area contributed by atoms with Crippen LogP contribution in [-0.2, 0) is 21.2 Å². The zero-order valence-corrected chi connectivity index (χ0v) is 22.8. The van der Waals surface area contributed by atoms with Gasteiger partial charge in [0.1, 0.15) is 6.04 Å². The molecule has 0 radical (unpaired) electrons. The summed E-state index contributed by atoms with van der Waals surface area (Å²) in [6.07, 6.45) is 5.80. The van der Waals surface area contributed by atoms with E-state index in [4.69, 9.17) is 5.73 Å². The molecule has 2 aromatic carbocycles. The molecule has 0 aliphatic carbocycles. The van der Waals surface area contributed by atoms with Gasteiger partial charge < -0.3 is 20.5 Å². The lowest BCUT2D eigenvalue weighted by molar-refractivity contribution is -0.118. The molecule has 3 N–H and O–H groups in total. The summed E-state index contributed by atoms with van der Waals surface area (Å²) < 4.78 is 30.0. The summed E-state index contributed by atoms with van der Waals surface area (Å²) in [7, 11) is -3.52. The molecule has 1 atom stereocenters. The molecule has 2 aliphatic rings. The lowest BCUT2D eigenvalue weighted by Gasteiger charge is -2.26. The molecule has 8 nitrogen and oxygen atoms in total. The summed E-state index contributed by atoms with van der Waals surface area (Å²) in [6.45, 7) is 9.33. The third kappa shape index (κ3) is 4.76. The van der Waals surface area contributed by atoms with Gasteiger partial charge in [-0.15, -0.1) is 0 Å². The number of nitrogens with two attached hydrogens (primary N) is 1. The maximum Gasteiger partial charge on any atom is 0.247 e. The molecule has 0 bridgehead atoms. The van der Waals surface area contributed by atoms with Crippen LogP contribution in [0.3, 0.4) is 0 Å². The van der Waals surface area contributed by atoms with Gasteiger partial charge in [0.25, 0.3) is 0 Å². The number of amides is 1. The predicted molar refractivity (Wildman–Crippen MR) is 149 cm³/mol. The van der Waals surface area contributed by atoms with Crippen molar-refractivity contribution in [3.05, 3.63) is 53.2 Å². The second kappa shape index (κ2) is 10.1. The molecule has 1 saturated heterocycles. The van der Waals surface area contributed by atoms with E-state index in [2.05, 4.69) is 22.3 Å². The van der Waals surface area contributed by atoms with Crippen LogP contribution in [0.1, 0.15) is 48.9 Å². The predicted octanol–water partition coefficient (Wildman–Crippen LogP) is 3.95. The SMILES string of the molecule is Cc1cc2c(cc1NC(=O)C(C)n1cc(C)c3cc(S(=O)(=O)N4CCCCC4)ccc31)N(CCN)CC2. The molecule has 1 fully saturated rings. The van der Waals surface area contributed by atoms with Crippen LogP contribution in [0, 0.1) is 13.8 Å². The van der Waals surface area contributed by atoms with Crippen LogP contribution in [0.25, 0.3) is 10.9 Å². The van der Waals surface area contributed by atoms with Gasteiger partial charge in [-0.25, -0.2) is 8.42 Å². The van der Waals surface area contributed by atoms with Gasteiger partial charge in [-0.2, -0.15) is 4.31 Å². The second-order valence-corrected chi connectivity index (χ2v) is 12.3. The topological polar surface area (TPSA) is 101 Å².